The highest BCUT2D eigenvalue weighted by Gasteiger charge is 2.22. The van der Waals surface area contributed by atoms with Crippen LogP contribution in [0.3, 0.4) is 0 Å². The third-order valence-electron chi connectivity index (χ3n) is 4.14. The van der Waals surface area contributed by atoms with Gasteiger partial charge in [0.25, 0.3) is 0 Å². The van der Waals surface area contributed by atoms with Crippen LogP contribution < -0.4 is 0 Å². The third kappa shape index (κ3) is 7.25. The molecule has 4 nitrogen and oxygen atoms in total. The van der Waals surface area contributed by atoms with E-state index in [1.807, 2.05) is 37.3 Å². The van der Waals surface area contributed by atoms with Crippen LogP contribution in [0.25, 0.3) is 0 Å². The van der Waals surface area contributed by atoms with Crippen molar-refractivity contribution in [2.45, 2.75) is 30.8 Å². The molecule has 0 saturated carbocycles. The summed E-state index contributed by atoms with van der Waals surface area (Å²) in [5.41, 5.74) is 1.81. The molecule has 2 aromatic rings. The first-order valence-electron chi connectivity index (χ1n) is 9.30. The first-order valence-corrected chi connectivity index (χ1v) is 10.7. The Hall–Kier alpha value is -2.83. The van der Waals surface area contributed by atoms with Gasteiger partial charge in [-0.15, -0.1) is 12.5 Å². The molecule has 0 aliphatic rings. The van der Waals surface area contributed by atoms with Gasteiger partial charge in [0.15, 0.2) is 0 Å². The summed E-state index contributed by atoms with van der Waals surface area (Å²) in [5.74, 6) is 11.7. The fraction of sp³-hybridized carbons (Fsp3) is 0.250. The molecule has 1 N–H and O–H groups in total. The van der Waals surface area contributed by atoms with Crippen molar-refractivity contribution in [2.24, 2.45) is 0 Å². The van der Waals surface area contributed by atoms with Crippen LogP contribution >= 0.6 is 0 Å². The quantitative estimate of drug-likeness (QED) is 0.566. The van der Waals surface area contributed by atoms with Crippen molar-refractivity contribution < 1.29 is 13.5 Å². The molecule has 0 fully saturated rings. The average Bonchev–Trinajstić information content (AvgIpc) is 2.73. The summed E-state index contributed by atoms with van der Waals surface area (Å²) in [5, 5.41) is 9.48. The molecule has 0 saturated heterocycles. The fourth-order valence-corrected chi connectivity index (χ4v) is 3.65. The smallest absolute Gasteiger partial charge is 0.244 e. The summed E-state index contributed by atoms with van der Waals surface area (Å²) in [6.45, 7) is 5.49. The number of nitrogens with zero attached hydrogens (tertiary/aromatic N) is 1. The summed E-state index contributed by atoms with van der Waals surface area (Å²) in [7, 11) is -3.72. The van der Waals surface area contributed by atoms with E-state index in [0.717, 1.165) is 11.1 Å². The molecule has 0 aliphatic carbocycles. The standard InChI is InChI=1S/C24H25NO3S/c1-3-23(26)14-8-5-9-19-25(20-10-13-22-11-6-4-7-12-22)29(27,28)24-17-15-21(2)16-18-24/h3-4,6-7,11-12,15-18,23,26H,1,8,14,19-20H2,2H3. The number of aryl methyl sites for hydroxylation is 1. The van der Waals surface area contributed by atoms with Crippen LogP contribution in [0.2, 0.25) is 0 Å². The van der Waals surface area contributed by atoms with E-state index in [1.165, 1.54) is 10.4 Å². The maximum Gasteiger partial charge on any atom is 0.244 e. The van der Waals surface area contributed by atoms with Crippen LogP contribution in [-0.2, 0) is 10.0 Å². The monoisotopic (exact) mass is 407 g/mol. The number of aliphatic hydroxyl groups excluding tert-OH is 1. The highest BCUT2D eigenvalue weighted by atomic mass is 32.2. The molecule has 0 bridgehead atoms. The molecule has 0 aliphatic heterocycles. The molecular formula is C24H25NO3S. The lowest BCUT2D eigenvalue weighted by Crippen LogP contribution is -2.32. The van der Waals surface area contributed by atoms with Gasteiger partial charge in [-0.25, -0.2) is 8.42 Å². The highest BCUT2D eigenvalue weighted by Crippen LogP contribution is 2.16. The zero-order valence-corrected chi connectivity index (χ0v) is 17.3. The van der Waals surface area contributed by atoms with Gasteiger partial charge in [-0.3, -0.25) is 0 Å². The van der Waals surface area contributed by atoms with Crippen LogP contribution in [0.4, 0.5) is 0 Å². The van der Waals surface area contributed by atoms with E-state index in [-0.39, 0.29) is 18.0 Å². The molecular weight excluding hydrogens is 382 g/mol. The van der Waals surface area contributed by atoms with Crippen molar-refractivity contribution in [3.05, 3.63) is 78.4 Å². The molecule has 2 aromatic carbocycles. The molecule has 1 atom stereocenters. The lowest BCUT2D eigenvalue weighted by Gasteiger charge is -2.17. The van der Waals surface area contributed by atoms with E-state index < -0.39 is 16.1 Å². The number of hydrogen-bond acceptors (Lipinski definition) is 3. The van der Waals surface area contributed by atoms with Crippen LogP contribution in [-0.4, -0.2) is 37.0 Å². The van der Waals surface area contributed by atoms with Gasteiger partial charge >= 0.3 is 0 Å². The van der Waals surface area contributed by atoms with Gasteiger partial charge in [-0.2, -0.15) is 4.31 Å². The number of rotatable bonds is 7. The molecule has 2 rings (SSSR count). The lowest BCUT2D eigenvalue weighted by molar-refractivity contribution is 0.215. The van der Waals surface area contributed by atoms with Gasteiger partial charge in [0.2, 0.25) is 10.0 Å². The third-order valence-corrected chi connectivity index (χ3v) is 5.94. The van der Waals surface area contributed by atoms with E-state index in [4.69, 9.17) is 0 Å². The molecule has 29 heavy (non-hydrogen) atoms. The van der Waals surface area contributed by atoms with Crippen molar-refractivity contribution in [2.75, 3.05) is 13.1 Å². The van der Waals surface area contributed by atoms with Gasteiger partial charge in [0.1, 0.15) is 0 Å². The number of hydrogen-bond donors (Lipinski definition) is 1. The summed E-state index contributed by atoms with van der Waals surface area (Å²) in [4.78, 5) is 0.216. The zero-order chi connectivity index (χ0) is 21.1. The van der Waals surface area contributed by atoms with Gasteiger partial charge < -0.3 is 5.11 Å². The van der Waals surface area contributed by atoms with Crippen LogP contribution in [0.5, 0.6) is 0 Å². The second-order valence-corrected chi connectivity index (χ2v) is 8.39. The Morgan fingerprint density at radius 3 is 2.34 bits per heavy atom. The Morgan fingerprint density at radius 1 is 1.03 bits per heavy atom. The Kier molecular flexibility index (Phi) is 8.70. The topological polar surface area (TPSA) is 57.6 Å². The second-order valence-electron chi connectivity index (χ2n) is 6.45. The largest absolute Gasteiger partial charge is 0.389 e. The van der Waals surface area contributed by atoms with E-state index in [2.05, 4.69) is 30.3 Å². The van der Waals surface area contributed by atoms with Crippen LogP contribution in [0, 0.1) is 30.6 Å². The second kappa shape index (κ2) is 11.2. The maximum absolute atomic E-state index is 13.0. The van der Waals surface area contributed by atoms with Crippen LogP contribution in [0.15, 0.2) is 72.1 Å². The van der Waals surface area contributed by atoms with Crippen molar-refractivity contribution in [3.8, 4) is 23.7 Å². The van der Waals surface area contributed by atoms with E-state index in [0.29, 0.717) is 12.8 Å². The average molecular weight is 408 g/mol. The van der Waals surface area contributed by atoms with E-state index in [1.54, 1.807) is 24.3 Å². The van der Waals surface area contributed by atoms with Gasteiger partial charge in [-0.1, -0.05) is 59.7 Å². The lowest BCUT2D eigenvalue weighted by atomic mass is 10.2. The van der Waals surface area contributed by atoms with Crippen molar-refractivity contribution >= 4 is 10.0 Å². The predicted octanol–water partition coefficient (Wildman–Crippen LogP) is 3.37. The molecule has 5 heteroatoms. The van der Waals surface area contributed by atoms with Crippen molar-refractivity contribution in [1.29, 1.82) is 0 Å². The number of sulfonamides is 1. The normalized spacial score (nSPS) is 11.7. The van der Waals surface area contributed by atoms with E-state index in [9.17, 15) is 13.5 Å². The minimum Gasteiger partial charge on any atom is -0.389 e. The summed E-state index contributed by atoms with van der Waals surface area (Å²) < 4.78 is 27.4. The fourth-order valence-electron chi connectivity index (χ4n) is 2.41. The Labute approximate surface area is 173 Å². The Morgan fingerprint density at radius 2 is 1.69 bits per heavy atom. The molecule has 0 radical (unpaired) electrons. The van der Waals surface area contributed by atoms with Gasteiger partial charge in [0, 0.05) is 12.0 Å². The predicted molar refractivity (Wildman–Crippen MR) is 116 cm³/mol. The minimum absolute atomic E-state index is 0.0316. The summed E-state index contributed by atoms with van der Waals surface area (Å²) in [6.07, 6.45) is 1.78. The summed E-state index contributed by atoms with van der Waals surface area (Å²) in [6, 6.07) is 16.1. The van der Waals surface area contributed by atoms with Gasteiger partial charge in [0.05, 0.1) is 24.1 Å². The van der Waals surface area contributed by atoms with Crippen molar-refractivity contribution in [1.82, 2.24) is 4.31 Å². The van der Waals surface area contributed by atoms with Crippen LogP contribution in [0.1, 0.15) is 24.0 Å². The number of benzene rings is 2. The molecule has 150 valence electrons. The molecule has 0 aromatic heterocycles. The van der Waals surface area contributed by atoms with E-state index >= 15 is 0 Å². The highest BCUT2D eigenvalue weighted by molar-refractivity contribution is 7.89. The first-order chi connectivity index (χ1) is 13.9. The minimum atomic E-state index is -3.72. The van der Waals surface area contributed by atoms with Gasteiger partial charge in [-0.05, 0) is 37.6 Å². The molecule has 0 heterocycles. The summed E-state index contributed by atoms with van der Waals surface area (Å²) >= 11 is 0. The maximum atomic E-state index is 13.0. The zero-order valence-electron chi connectivity index (χ0n) is 16.5. The Bertz CT molecular complexity index is 1020. The number of aliphatic hydroxyl groups is 1. The SMILES string of the molecule is C=CC(O)CCC#CCN(CC#Cc1ccccc1)S(=O)(=O)c1ccc(C)cc1. The molecule has 1 unspecified atom stereocenters. The Balaban J connectivity index is 2.18. The molecule has 0 amide bonds. The molecule has 0 spiro atoms. The van der Waals surface area contributed by atoms with Crippen molar-refractivity contribution in [3.63, 3.8) is 0 Å². The first kappa shape index (κ1) is 22.5.